The molecule has 0 aliphatic heterocycles. The Morgan fingerprint density at radius 2 is 2.06 bits per heavy atom. The maximum absolute atomic E-state index is 6.04. The van der Waals surface area contributed by atoms with Crippen LogP contribution < -0.4 is 11.1 Å². The van der Waals surface area contributed by atoms with Gasteiger partial charge in [-0.15, -0.1) is 0 Å². The lowest BCUT2D eigenvalue weighted by atomic mass is 9.90. The van der Waals surface area contributed by atoms with Gasteiger partial charge in [0.1, 0.15) is 0 Å². The van der Waals surface area contributed by atoms with Crippen molar-refractivity contribution in [1.29, 1.82) is 0 Å². The van der Waals surface area contributed by atoms with Gasteiger partial charge in [-0.25, -0.2) is 0 Å². The number of hydrogen-bond donors (Lipinski definition) is 2. The van der Waals surface area contributed by atoms with Crippen LogP contribution in [0.1, 0.15) is 24.4 Å². The van der Waals surface area contributed by atoms with Gasteiger partial charge < -0.3 is 11.1 Å². The minimum atomic E-state index is 0.214. The van der Waals surface area contributed by atoms with E-state index in [-0.39, 0.29) is 11.5 Å². The number of nitrogens with two attached hydrogens (primary N) is 1. The SMILES string of the molecule is CNC(c1ccc(Cl)c(Cl)c1)C1(CN)CC1. The van der Waals surface area contributed by atoms with Crippen LogP contribution in [-0.2, 0) is 0 Å². The van der Waals surface area contributed by atoms with Crippen LogP contribution in [0.25, 0.3) is 0 Å². The normalized spacial score (nSPS) is 19.5. The third kappa shape index (κ3) is 2.07. The molecule has 1 aromatic rings. The van der Waals surface area contributed by atoms with E-state index in [4.69, 9.17) is 28.9 Å². The third-order valence-electron chi connectivity index (χ3n) is 3.48. The Morgan fingerprint density at radius 1 is 1.38 bits per heavy atom. The van der Waals surface area contributed by atoms with Crippen molar-refractivity contribution in [2.75, 3.05) is 13.6 Å². The molecule has 0 radical (unpaired) electrons. The summed E-state index contributed by atoms with van der Waals surface area (Å²) in [6.45, 7) is 0.707. The van der Waals surface area contributed by atoms with Crippen molar-refractivity contribution in [1.82, 2.24) is 5.32 Å². The first-order chi connectivity index (χ1) is 7.63. The number of rotatable bonds is 4. The maximum Gasteiger partial charge on any atom is 0.0595 e. The Kier molecular flexibility index (Phi) is 3.45. The van der Waals surface area contributed by atoms with Gasteiger partial charge in [0.2, 0.25) is 0 Å². The molecule has 2 rings (SSSR count). The second-order valence-electron chi connectivity index (χ2n) is 4.46. The highest BCUT2D eigenvalue weighted by atomic mass is 35.5. The highest BCUT2D eigenvalue weighted by Crippen LogP contribution is 2.54. The van der Waals surface area contributed by atoms with Crippen LogP contribution in [0.4, 0.5) is 0 Å². The summed E-state index contributed by atoms with van der Waals surface area (Å²) in [6.07, 6.45) is 2.35. The first-order valence-corrected chi connectivity index (χ1v) is 6.21. The lowest BCUT2D eigenvalue weighted by Gasteiger charge is -2.26. The zero-order valence-electron chi connectivity index (χ0n) is 9.26. The molecule has 88 valence electrons. The molecular weight excluding hydrogens is 243 g/mol. The summed E-state index contributed by atoms with van der Waals surface area (Å²) in [7, 11) is 1.96. The van der Waals surface area contributed by atoms with Gasteiger partial charge in [-0.05, 0) is 44.1 Å². The van der Waals surface area contributed by atoms with E-state index in [0.29, 0.717) is 16.6 Å². The van der Waals surface area contributed by atoms with Gasteiger partial charge in [0.15, 0.2) is 0 Å². The molecule has 4 heteroatoms. The summed E-state index contributed by atoms with van der Waals surface area (Å²) in [5.74, 6) is 0. The lowest BCUT2D eigenvalue weighted by Crippen LogP contribution is -2.32. The van der Waals surface area contributed by atoms with Crippen molar-refractivity contribution < 1.29 is 0 Å². The fraction of sp³-hybridized carbons (Fsp3) is 0.500. The average Bonchev–Trinajstić information content (AvgIpc) is 3.05. The minimum Gasteiger partial charge on any atom is -0.330 e. The van der Waals surface area contributed by atoms with Crippen molar-refractivity contribution in [2.24, 2.45) is 11.1 Å². The fourth-order valence-corrected chi connectivity index (χ4v) is 2.60. The summed E-state index contributed by atoms with van der Waals surface area (Å²) < 4.78 is 0. The molecule has 0 amide bonds. The van der Waals surface area contributed by atoms with Gasteiger partial charge in [-0.2, -0.15) is 0 Å². The molecule has 1 atom stereocenters. The van der Waals surface area contributed by atoms with Gasteiger partial charge in [0.05, 0.1) is 10.0 Å². The monoisotopic (exact) mass is 258 g/mol. The Labute approximate surface area is 106 Å². The number of benzene rings is 1. The van der Waals surface area contributed by atoms with Gasteiger partial charge in [0, 0.05) is 11.5 Å². The molecule has 1 aliphatic rings. The van der Waals surface area contributed by atoms with Crippen LogP contribution in [0.5, 0.6) is 0 Å². The average molecular weight is 259 g/mol. The smallest absolute Gasteiger partial charge is 0.0595 e. The largest absolute Gasteiger partial charge is 0.330 e. The van der Waals surface area contributed by atoms with Crippen LogP contribution >= 0.6 is 23.2 Å². The van der Waals surface area contributed by atoms with E-state index in [1.165, 1.54) is 18.4 Å². The molecule has 0 saturated heterocycles. The van der Waals surface area contributed by atoms with Crippen LogP contribution in [0.15, 0.2) is 18.2 Å². The Balaban J connectivity index is 2.30. The second kappa shape index (κ2) is 4.53. The minimum absolute atomic E-state index is 0.214. The first kappa shape index (κ1) is 12.2. The predicted molar refractivity (Wildman–Crippen MR) is 69.0 cm³/mol. The number of hydrogen-bond acceptors (Lipinski definition) is 2. The van der Waals surface area contributed by atoms with Crippen molar-refractivity contribution in [3.63, 3.8) is 0 Å². The second-order valence-corrected chi connectivity index (χ2v) is 5.28. The van der Waals surface area contributed by atoms with Gasteiger partial charge in [-0.3, -0.25) is 0 Å². The van der Waals surface area contributed by atoms with Crippen molar-refractivity contribution in [2.45, 2.75) is 18.9 Å². The topological polar surface area (TPSA) is 38.0 Å². The summed E-state index contributed by atoms with van der Waals surface area (Å²) in [5, 5.41) is 4.54. The zero-order valence-corrected chi connectivity index (χ0v) is 10.8. The zero-order chi connectivity index (χ0) is 11.8. The van der Waals surface area contributed by atoms with Gasteiger partial charge in [-0.1, -0.05) is 29.3 Å². The van der Waals surface area contributed by atoms with Crippen LogP contribution in [0, 0.1) is 5.41 Å². The molecule has 16 heavy (non-hydrogen) atoms. The molecule has 0 bridgehead atoms. The van der Waals surface area contributed by atoms with Crippen molar-refractivity contribution in [3.8, 4) is 0 Å². The van der Waals surface area contributed by atoms with Crippen LogP contribution in [0.2, 0.25) is 10.0 Å². The quantitative estimate of drug-likeness (QED) is 0.872. The standard InChI is InChI=1S/C12H16Cl2N2/c1-16-11(12(7-15)4-5-12)8-2-3-9(13)10(14)6-8/h2-3,6,11,16H,4-5,7,15H2,1H3. The van der Waals surface area contributed by atoms with E-state index in [0.717, 1.165) is 0 Å². The van der Waals surface area contributed by atoms with E-state index >= 15 is 0 Å². The van der Waals surface area contributed by atoms with E-state index in [1.54, 1.807) is 0 Å². The first-order valence-electron chi connectivity index (χ1n) is 5.45. The number of nitrogens with one attached hydrogen (secondary N) is 1. The molecule has 3 N–H and O–H groups in total. The molecule has 0 spiro atoms. The Morgan fingerprint density at radius 3 is 2.50 bits per heavy atom. The van der Waals surface area contributed by atoms with Gasteiger partial charge >= 0.3 is 0 Å². The van der Waals surface area contributed by atoms with E-state index < -0.39 is 0 Å². The fourth-order valence-electron chi connectivity index (χ4n) is 2.29. The van der Waals surface area contributed by atoms with Gasteiger partial charge in [0.25, 0.3) is 0 Å². The predicted octanol–water partition coefficient (Wildman–Crippen LogP) is 2.99. The highest BCUT2D eigenvalue weighted by Gasteiger charge is 2.48. The molecule has 1 aliphatic carbocycles. The third-order valence-corrected chi connectivity index (χ3v) is 4.22. The number of halogens is 2. The molecule has 2 nitrogen and oxygen atoms in total. The molecule has 1 aromatic carbocycles. The Hall–Kier alpha value is -0.280. The van der Waals surface area contributed by atoms with E-state index in [9.17, 15) is 0 Å². The summed E-state index contributed by atoms with van der Waals surface area (Å²) in [6, 6.07) is 6.06. The molecule has 1 fully saturated rings. The maximum atomic E-state index is 6.04. The lowest BCUT2D eigenvalue weighted by molar-refractivity contribution is 0.366. The van der Waals surface area contributed by atoms with Crippen molar-refractivity contribution >= 4 is 23.2 Å². The molecular formula is C12H16Cl2N2. The summed E-state index contributed by atoms with van der Waals surface area (Å²) in [4.78, 5) is 0. The van der Waals surface area contributed by atoms with E-state index in [2.05, 4.69) is 5.32 Å². The van der Waals surface area contributed by atoms with Crippen molar-refractivity contribution in [3.05, 3.63) is 33.8 Å². The highest BCUT2D eigenvalue weighted by molar-refractivity contribution is 6.42. The molecule has 0 heterocycles. The van der Waals surface area contributed by atoms with Crippen LogP contribution in [-0.4, -0.2) is 13.6 Å². The van der Waals surface area contributed by atoms with E-state index in [1.807, 2.05) is 25.2 Å². The summed E-state index contributed by atoms with van der Waals surface area (Å²) in [5.41, 5.74) is 7.23. The molecule has 1 saturated carbocycles. The van der Waals surface area contributed by atoms with Crippen LogP contribution in [0.3, 0.4) is 0 Å². The molecule has 0 aromatic heterocycles. The molecule has 1 unspecified atom stereocenters. The summed E-state index contributed by atoms with van der Waals surface area (Å²) >= 11 is 12.0. The Bertz CT molecular complexity index is 389.